The van der Waals surface area contributed by atoms with E-state index in [-0.39, 0.29) is 11.4 Å². The monoisotopic (exact) mass is 273 g/mol. The maximum atomic E-state index is 12.4. The van der Waals surface area contributed by atoms with Crippen LogP contribution in [0, 0.1) is 0 Å². The van der Waals surface area contributed by atoms with Crippen LogP contribution in [0.1, 0.15) is 39.7 Å². The molecule has 1 unspecified atom stereocenters. The molecule has 1 aromatic rings. The predicted octanol–water partition coefficient (Wildman–Crippen LogP) is 2.25. The fraction of sp³-hybridized carbons (Fsp3) is 0.500. The number of hydrogen-bond acceptors (Lipinski definition) is 3. The highest BCUT2D eigenvalue weighted by molar-refractivity contribution is 6.07. The number of nitrogens with one attached hydrogen (secondary N) is 2. The topological polar surface area (TPSA) is 53.5 Å². The maximum Gasteiger partial charge on any atom is 0.255 e. The van der Waals surface area contributed by atoms with Crippen LogP contribution in [-0.2, 0) is 11.2 Å². The van der Waals surface area contributed by atoms with Crippen LogP contribution in [0.15, 0.2) is 35.3 Å². The van der Waals surface area contributed by atoms with Crippen LogP contribution in [-0.4, -0.2) is 22.9 Å². The Kier molecular flexibility index (Phi) is 3.84. The Hall–Kier alpha value is -1.84. The Balaban J connectivity index is 2.23. The van der Waals surface area contributed by atoms with E-state index in [0.717, 1.165) is 5.56 Å². The van der Waals surface area contributed by atoms with E-state index in [9.17, 15) is 4.79 Å². The standard InChI is InChI=1S/C16H23N3O/c1-5-16(11-12-9-7-6-8-10-12)13(20)17-14(19-16)18-15(2,3)4/h6-10H,5,11H2,1-4H3,(H2,17,18,19,20). The zero-order valence-corrected chi connectivity index (χ0v) is 12.7. The molecular formula is C16H23N3O. The summed E-state index contributed by atoms with van der Waals surface area (Å²) >= 11 is 0. The molecule has 2 rings (SSSR count). The summed E-state index contributed by atoms with van der Waals surface area (Å²) in [4.78, 5) is 17.0. The van der Waals surface area contributed by atoms with Crippen molar-refractivity contribution in [2.75, 3.05) is 0 Å². The molecule has 0 spiro atoms. The van der Waals surface area contributed by atoms with Gasteiger partial charge in [-0.2, -0.15) is 0 Å². The third-order valence-corrected chi connectivity index (χ3v) is 3.40. The molecule has 4 heteroatoms. The molecule has 0 saturated carbocycles. The molecule has 108 valence electrons. The second-order valence-electron chi connectivity index (χ2n) is 6.34. The first kappa shape index (κ1) is 14.6. The molecule has 0 bridgehead atoms. The van der Waals surface area contributed by atoms with Gasteiger partial charge >= 0.3 is 0 Å². The van der Waals surface area contributed by atoms with Gasteiger partial charge in [0.2, 0.25) is 0 Å². The number of carbonyl (C=O) groups is 1. The van der Waals surface area contributed by atoms with Crippen LogP contribution < -0.4 is 10.6 Å². The van der Waals surface area contributed by atoms with Crippen molar-refractivity contribution in [2.45, 2.75) is 51.6 Å². The fourth-order valence-corrected chi connectivity index (χ4v) is 2.35. The van der Waals surface area contributed by atoms with Crippen molar-refractivity contribution in [2.24, 2.45) is 4.99 Å². The van der Waals surface area contributed by atoms with Crippen LogP contribution in [0.5, 0.6) is 0 Å². The van der Waals surface area contributed by atoms with Crippen molar-refractivity contribution < 1.29 is 4.79 Å². The summed E-state index contributed by atoms with van der Waals surface area (Å²) in [7, 11) is 0. The van der Waals surface area contributed by atoms with Gasteiger partial charge in [0.1, 0.15) is 5.54 Å². The molecular weight excluding hydrogens is 250 g/mol. The molecule has 0 aromatic heterocycles. The molecule has 1 atom stereocenters. The van der Waals surface area contributed by atoms with Gasteiger partial charge in [0.25, 0.3) is 5.91 Å². The molecule has 0 fully saturated rings. The Morgan fingerprint density at radius 2 is 1.90 bits per heavy atom. The number of nitrogens with zero attached hydrogens (tertiary/aromatic N) is 1. The molecule has 0 saturated heterocycles. The minimum absolute atomic E-state index is 0.0180. The zero-order chi connectivity index (χ0) is 14.8. The summed E-state index contributed by atoms with van der Waals surface area (Å²) < 4.78 is 0. The molecule has 1 aliphatic heterocycles. The average molecular weight is 273 g/mol. The highest BCUT2D eigenvalue weighted by Crippen LogP contribution is 2.26. The minimum Gasteiger partial charge on any atom is -0.351 e. The van der Waals surface area contributed by atoms with Crippen LogP contribution in [0.2, 0.25) is 0 Å². The lowest BCUT2D eigenvalue weighted by Gasteiger charge is -2.22. The zero-order valence-electron chi connectivity index (χ0n) is 12.7. The minimum atomic E-state index is -0.686. The van der Waals surface area contributed by atoms with E-state index in [1.165, 1.54) is 0 Å². The van der Waals surface area contributed by atoms with Crippen molar-refractivity contribution in [3.8, 4) is 0 Å². The number of aliphatic imine (C=N–C) groups is 1. The second-order valence-corrected chi connectivity index (χ2v) is 6.34. The average Bonchev–Trinajstić information content (AvgIpc) is 2.65. The van der Waals surface area contributed by atoms with Crippen LogP contribution in [0.3, 0.4) is 0 Å². The Bertz CT molecular complexity index is 516. The summed E-state index contributed by atoms with van der Waals surface area (Å²) in [5.41, 5.74) is 0.322. The van der Waals surface area contributed by atoms with E-state index in [0.29, 0.717) is 18.8 Å². The van der Waals surface area contributed by atoms with Gasteiger partial charge in [-0.3, -0.25) is 10.1 Å². The van der Waals surface area contributed by atoms with Gasteiger partial charge in [0.15, 0.2) is 5.96 Å². The Morgan fingerprint density at radius 3 is 2.45 bits per heavy atom. The van der Waals surface area contributed by atoms with Gasteiger partial charge in [-0.15, -0.1) is 0 Å². The molecule has 0 radical (unpaired) electrons. The molecule has 0 aliphatic carbocycles. The smallest absolute Gasteiger partial charge is 0.255 e. The van der Waals surface area contributed by atoms with Gasteiger partial charge in [-0.1, -0.05) is 37.3 Å². The number of carbonyl (C=O) groups excluding carboxylic acids is 1. The van der Waals surface area contributed by atoms with Crippen molar-refractivity contribution in [3.05, 3.63) is 35.9 Å². The Labute approximate surface area is 120 Å². The largest absolute Gasteiger partial charge is 0.351 e. The lowest BCUT2D eigenvalue weighted by molar-refractivity contribution is -0.123. The van der Waals surface area contributed by atoms with Crippen molar-refractivity contribution in [1.29, 1.82) is 0 Å². The van der Waals surface area contributed by atoms with Gasteiger partial charge < -0.3 is 5.32 Å². The van der Waals surface area contributed by atoms with E-state index < -0.39 is 5.54 Å². The first-order chi connectivity index (χ1) is 9.35. The number of hydrogen-bond donors (Lipinski definition) is 2. The predicted molar refractivity (Wildman–Crippen MR) is 81.6 cm³/mol. The normalized spacial score (nSPS) is 22.4. The number of benzene rings is 1. The van der Waals surface area contributed by atoms with Crippen molar-refractivity contribution >= 4 is 11.9 Å². The van der Waals surface area contributed by atoms with E-state index >= 15 is 0 Å². The van der Waals surface area contributed by atoms with Gasteiger partial charge in [-0.25, -0.2) is 4.99 Å². The molecule has 4 nitrogen and oxygen atoms in total. The molecule has 1 aliphatic rings. The van der Waals surface area contributed by atoms with E-state index in [1.54, 1.807) is 0 Å². The molecule has 1 amide bonds. The lowest BCUT2D eigenvalue weighted by atomic mass is 9.89. The van der Waals surface area contributed by atoms with Gasteiger partial charge in [-0.05, 0) is 32.8 Å². The summed E-state index contributed by atoms with van der Waals surface area (Å²) in [6.45, 7) is 8.15. The van der Waals surface area contributed by atoms with Crippen LogP contribution >= 0.6 is 0 Å². The van der Waals surface area contributed by atoms with Crippen LogP contribution in [0.25, 0.3) is 0 Å². The Morgan fingerprint density at radius 1 is 1.25 bits per heavy atom. The van der Waals surface area contributed by atoms with Gasteiger partial charge in [0.05, 0.1) is 0 Å². The second kappa shape index (κ2) is 5.27. The fourth-order valence-electron chi connectivity index (χ4n) is 2.35. The third kappa shape index (κ3) is 3.18. The summed E-state index contributed by atoms with van der Waals surface area (Å²) in [5.74, 6) is 0.566. The summed E-state index contributed by atoms with van der Waals surface area (Å²) in [6.07, 6.45) is 1.31. The molecule has 20 heavy (non-hydrogen) atoms. The molecule has 1 aromatic carbocycles. The highest BCUT2D eigenvalue weighted by atomic mass is 16.2. The van der Waals surface area contributed by atoms with Crippen molar-refractivity contribution in [1.82, 2.24) is 10.6 Å². The van der Waals surface area contributed by atoms with Gasteiger partial charge in [0, 0.05) is 12.0 Å². The third-order valence-electron chi connectivity index (χ3n) is 3.40. The number of guanidine groups is 1. The molecule has 2 N–H and O–H groups in total. The number of rotatable bonds is 3. The molecule has 1 heterocycles. The van der Waals surface area contributed by atoms with E-state index in [1.807, 2.05) is 58.0 Å². The first-order valence-corrected chi connectivity index (χ1v) is 7.08. The van der Waals surface area contributed by atoms with Crippen molar-refractivity contribution in [3.63, 3.8) is 0 Å². The summed E-state index contributed by atoms with van der Waals surface area (Å²) in [5, 5.41) is 6.11. The highest BCUT2D eigenvalue weighted by Gasteiger charge is 2.42. The maximum absolute atomic E-state index is 12.4. The first-order valence-electron chi connectivity index (χ1n) is 7.08. The lowest BCUT2D eigenvalue weighted by Crippen LogP contribution is -2.47. The quantitative estimate of drug-likeness (QED) is 0.887. The van der Waals surface area contributed by atoms with E-state index in [4.69, 9.17) is 0 Å². The van der Waals surface area contributed by atoms with Crippen LogP contribution in [0.4, 0.5) is 0 Å². The number of amides is 1. The summed E-state index contributed by atoms with van der Waals surface area (Å²) in [6, 6.07) is 10.0. The van der Waals surface area contributed by atoms with E-state index in [2.05, 4.69) is 15.6 Å². The SMILES string of the molecule is CCC1(Cc2ccccc2)N=C(NC(C)(C)C)NC1=O.